The fourth-order valence-electron chi connectivity index (χ4n) is 0.990. The smallest absolute Gasteiger partial charge is 0.373 e. The molecule has 1 N–H and O–H groups in total. The molecular weight excluding hydrogens is 196 g/mol. The molecule has 15 heavy (non-hydrogen) atoms. The maximum atomic E-state index is 11.3. The molecular formula is C11H18O4. The summed E-state index contributed by atoms with van der Waals surface area (Å²) in [6.45, 7) is 7.51. The molecule has 0 aliphatic heterocycles. The molecule has 86 valence electrons. The largest absolute Gasteiger partial charge is 0.502 e. The molecule has 0 amide bonds. The Morgan fingerprint density at radius 2 is 1.87 bits per heavy atom. The number of hydrogen-bond acceptors (Lipinski definition) is 4. The van der Waals surface area contributed by atoms with Crippen LogP contribution >= 0.6 is 0 Å². The van der Waals surface area contributed by atoms with Crippen molar-refractivity contribution in [3.63, 3.8) is 0 Å². The second-order valence-electron chi connectivity index (χ2n) is 4.45. The average Bonchev–Trinajstić information content (AvgIpc) is 2.00. The molecule has 0 atom stereocenters. The van der Waals surface area contributed by atoms with E-state index in [1.54, 1.807) is 6.92 Å². The molecule has 0 rings (SSSR count). The van der Waals surface area contributed by atoms with Crippen LogP contribution in [0.1, 0.15) is 34.1 Å². The summed E-state index contributed by atoms with van der Waals surface area (Å²) >= 11 is 0. The predicted molar refractivity (Wildman–Crippen MR) is 56.4 cm³/mol. The molecule has 0 aromatic rings. The Kier molecular flexibility index (Phi) is 5.05. The number of ketones is 1. The van der Waals surface area contributed by atoms with E-state index in [-0.39, 0.29) is 24.2 Å². The van der Waals surface area contributed by atoms with Gasteiger partial charge in [0.25, 0.3) is 0 Å². The summed E-state index contributed by atoms with van der Waals surface area (Å²) in [4.78, 5) is 22.3. The quantitative estimate of drug-likeness (QED) is 0.441. The summed E-state index contributed by atoms with van der Waals surface area (Å²) in [6.07, 6.45) is 1.19. The molecule has 0 saturated carbocycles. The SMILES string of the molecule is CCOC(=O)/C(O)=C/C(=O)CC(C)(C)C. The van der Waals surface area contributed by atoms with Gasteiger partial charge in [0, 0.05) is 12.5 Å². The van der Waals surface area contributed by atoms with Crippen molar-refractivity contribution in [2.45, 2.75) is 34.1 Å². The van der Waals surface area contributed by atoms with Gasteiger partial charge in [-0.1, -0.05) is 20.8 Å². The number of carbonyl (C=O) groups is 2. The number of esters is 1. The van der Waals surface area contributed by atoms with Crippen molar-refractivity contribution in [2.24, 2.45) is 5.41 Å². The maximum Gasteiger partial charge on any atom is 0.373 e. The van der Waals surface area contributed by atoms with Crippen LogP contribution < -0.4 is 0 Å². The van der Waals surface area contributed by atoms with Crippen LogP contribution in [-0.2, 0) is 14.3 Å². The van der Waals surface area contributed by atoms with Gasteiger partial charge in [-0.05, 0) is 12.3 Å². The van der Waals surface area contributed by atoms with Crippen molar-refractivity contribution in [2.75, 3.05) is 6.61 Å². The molecule has 0 bridgehead atoms. The lowest BCUT2D eigenvalue weighted by Crippen LogP contribution is -2.14. The van der Waals surface area contributed by atoms with Crippen LogP contribution in [0.2, 0.25) is 0 Å². The molecule has 0 aromatic heterocycles. The molecule has 4 heteroatoms. The lowest BCUT2D eigenvalue weighted by Gasteiger charge is -2.15. The maximum absolute atomic E-state index is 11.3. The predicted octanol–water partition coefficient (Wildman–Crippen LogP) is 2.00. The third kappa shape index (κ3) is 6.71. The fourth-order valence-corrected chi connectivity index (χ4v) is 0.990. The van der Waals surface area contributed by atoms with Crippen molar-refractivity contribution >= 4 is 11.8 Å². The van der Waals surface area contributed by atoms with E-state index in [4.69, 9.17) is 0 Å². The standard InChI is InChI=1S/C11H18O4/c1-5-15-10(14)9(13)6-8(12)7-11(2,3)4/h6,13H,5,7H2,1-4H3/b9-6-. The van der Waals surface area contributed by atoms with Gasteiger partial charge in [-0.15, -0.1) is 0 Å². The zero-order chi connectivity index (χ0) is 12.1. The molecule has 4 nitrogen and oxygen atoms in total. The number of ether oxygens (including phenoxy) is 1. The third-order valence-electron chi connectivity index (χ3n) is 1.49. The van der Waals surface area contributed by atoms with Gasteiger partial charge >= 0.3 is 5.97 Å². The third-order valence-corrected chi connectivity index (χ3v) is 1.49. The second kappa shape index (κ2) is 5.53. The van der Waals surface area contributed by atoms with E-state index in [0.717, 1.165) is 6.08 Å². The first-order valence-corrected chi connectivity index (χ1v) is 4.87. The van der Waals surface area contributed by atoms with Crippen LogP contribution in [0.4, 0.5) is 0 Å². The van der Waals surface area contributed by atoms with Crippen LogP contribution in [0.15, 0.2) is 11.8 Å². The van der Waals surface area contributed by atoms with Crippen LogP contribution in [-0.4, -0.2) is 23.5 Å². The molecule has 0 saturated heterocycles. The number of allylic oxidation sites excluding steroid dienone is 1. The first-order chi connectivity index (χ1) is 6.76. The Morgan fingerprint density at radius 1 is 1.33 bits per heavy atom. The van der Waals surface area contributed by atoms with E-state index in [1.807, 2.05) is 20.8 Å². The lowest BCUT2D eigenvalue weighted by molar-refractivity contribution is -0.141. The van der Waals surface area contributed by atoms with E-state index in [1.165, 1.54) is 0 Å². The summed E-state index contributed by atoms with van der Waals surface area (Å²) in [6, 6.07) is 0. The molecule has 0 aromatic carbocycles. The van der Waals surface area contributed by atoms with Crippen molar-refractivity contribution in [3.05, 3.63) is 11.8 Å². The van der Waals surface area contributed by atoms with Crippen molar-refractivity contribution in [3.8, 4) is 0 Å². The second-order valence-corrected chi connectivity index (χ2v) is 4.45. The van der Waals surface area contributed by atoms with Crippen LogP contribution in [0.25, 0.3) is 0 Å². The number of hydrogen-bond donors (Lipinski definition) is 1. The normalized spacial score (nSPS) is 12.4. The van der Waals surface area contributed by atoms with Gasteiger partial charge in [-0.25, -0.2) is 4.79 Å². The first kappa shape index (κ1) is 13.7. The van der Waals surface area contributed by atoms with Crippen molar-refractivity contribution in [1.29, 1.82) is 0 Å². The van der Waals surface area contributed by atoms with Gasteiger partial charge < -0.3 is 9.84 Å². The summed E-state index contributed by atoms with van der Waals surface area (Å²) in [5, 5.41) is 9.18. The molecule has 0 radical (unpaired) electrons. The molecule has 0 aliphatic carbocycles. The van der Waals surface area contributed by atoms with Gasteiger partial charge in [-0.3, -0.25) is 4.79 Å². The number of rotatable bonds is 4. The highest BCUT2D eigenvalue weighted by atomic mass is 16.5. The fraction of sp³-hybridized carbons (Fsp3) is 0.636. The summed E-state index contributed by atoms with van der Waals surface area (Å²) in [7, 11) is 0. The molecule has 0 heterocycles. The first-order valence-electron chi connectivity index (χ1n) is 4.87. The Hall–Kier alpha value is -1.32. The van der Waals surface area contributed by atoms with Gasteiger partial charge in [0.05, 0.1) is 6.61 Å². The van der Waals surface area contributed by atoms with Crippen LogP contribution in [0.5, 0.6) is 0 Å². The van der Waals surface area contributed by atoms with E-state index in [2.05, 4.69) is 4.74 Å². The molecule has 0 fully saturated rings. The number of aliphatic hydroxyl groups excluding tert-OH is 1. The van der Waals surface area contributed by atoms with Crippen LogP contribution in [0, 0.1) is 5.41 Å². The minimum absolute atomic E-state index is 0.164. The summed E-state index contributed by atoms with van der Waals surface area (Å²) in [5.41, 5.74) is -0.164. The van der Waals surface area contributed by atoms with E-state index >= 15 is 0 Å². The lowest BCUT2D eigenvalue weighted by atomic mass is 9.90. The van der Waals surface area contributed by atoms with Gasteiger partial charge in [0.2, 0.25) is 5.76 Å². The highest BCUT2D eigenvalue weighted by Crippen LogP contribution is 2.19. The van der Waals surface area contributed by atoms with Crippen molar-refractivity contribution < 1.29 is 19.4 Å². The van der Waals surface area contributed by atoms with E-state index in [9.17, 15) is 14.7 Å². The monoisotopic (exact) mass is 214 g/mol. The summed E-state index contributed by atoms with van der Waals surface area (Å²) in [5.74, 6) is -1.78. The molecule has 0 aliphatic rings. The zero-order valence-corrected chi connectivity index (χ0v) is 9.66. The number of aliphatic hydroxyl groups is 1. The summed E-state index contributed by atoms with van der Waals surface area (Å²) < 4.78 is 4.53. The van der Waals surface area contributed by atoms with Crippen LogP contribution in [0.3, 0.4) is 0 Å². The van der Waals surface area contributed by atoms with Gasteiger partial charge in [0.15, 0.2) is 5.78 Å². The number of carbonyl (C=O) groups excluding carboxylic acids is 2. The Balaban J connectivity index is 4.36. The highest BCUT2D eigenvalue weighted by molar-refractivity contribution is 5.98. The molecule has 0 spiro atoms. The Morgan fingerprint density at radius 3 is 2.27 bits per heavy atom. The Bertz CT molecular complexity index is 271. The van der Waals surface area contributed by atoms with Crippen molar-refractivity contribution in [1.82, 2.24) is 0 Å². The Labute approximate surface area is 89.9 Å². The molecule has 0 unspecified atom stereocenters. The van der Waals surface area contributed by atoms with E-state index in [0.29, 0.717) is 0 Å². The minimum Gasteiger partial charge on any atom is -0.502 e. The van der Waals surface area contributed by atoms with Gasteiger partial charge in [-0.2, -0.15) is 0 Å². The topological polar surface area (TPSA) is 63.6 Å². The average molecular weight is 214 g/mol. The van der Waals surface area contributed by atoms with Gasteiger partial charge in [0.1, 0.15) is 0 Å². The zero-order valence-electron chi connectivity index (χ0n) is 9.66. The minimum atomic E-state index is -0.861. The van der Waals surface area contributed by atoms with E-state index < -0.39 is 11.7 Å². The highest BCUT2D eigenvalue weighted by Gasteiger charge is 2.17.